The first-order valence-electron chi connectivity index (χ1n) is 13.2. The van der Waals surface area contributed by atoms with Crippen LogP contribution in [-0.2, 0) is 36.9 Å². The first-order chi connectivity index (χ1) is 18.8. The van der Waals surface area contributed by atoms with Crippen LogP contribution in [0, 0.1) is 0 Å². The summed E-state index contributed by atoms with van der Waals surface area (Å²) in [6.07, 6.45) is -2.25. The van der Waals surface area contributed by atoms with Crippen molar-refractivity contribution in [3.8, 4) is 0 Å². The Bertz CT molecular complexity index is 1250. The highest BCUT2D eigenvalue weighted by atomic mass is 16.7. The zero-order valence-corrected chi connectivity index (χ0v) is 21.2. The normalized spacial score (nSPS) is 26.9. The van der Waals surface area contributed by atoms with Gasteiger partial charge in [-0.1, -0.05) is 121 Å². The molecule has 5 nitrogen and oxygen atoms in total. The number of benzene rings is 4. The van der Waals surface area contributed by atoms with Gasteiger partial charge in [0.2, 0.25) is 0 Å². The second kappa shape index (κ2) is 12.0. The fraction of sp³-hybridized carbons (Fsp3) is 0.273. The molecule has 2 aliphatic rings. The Kier molecular flexibility index (Phi) is 7.91. The molecular weight excluding hydrogens is 476 g/mol. The van der Waals surface area contributed by atoms with Gasteiger partial charge >= 0.3 is 0 Å². The lowest BCUT2D eigenvalue weighted by Crippen LogP contribution is -2.60. The van der Waals surface area contributed by atoms with Gasteiger partial charge in [0.25, 0.3) is 0 Å². The Hall–Kier alpha value is -3.32. The maximum atomic E-state index is 6.69. The van der Waals surface area contributed by atoms with Gasteiger partial charge in [0.15, 0.2) is 6.29 Å². The molecule has 4 aromatic carbocycles. The monoisotopic (exact) mass is 508 g/mol. The summed E-state index contributed by atoms with van der Waals surface area (Å²) in [6.45, 7) is 1.30. The van der Waals surface area contributed by atoms with E-state index < -0.39 is 12.4 Å². The van der Waals surface area contributed by atoms with Crippen LogP contribution >= 0.6 is 0 Å². The predicted octanol–water partition coefficient (Wildman–Crippen LogP) is 6.41. The molecule has 0 radical (unpaired) electrons. The zero-order chi connectivity index (χ0) is 25.6. The summed E-state index contributed by atoms with van der Waals surface area (Å²) in [5.74, 6) is 0. The van der Waals surface area contributed by atoms with Crippen molar-refractivity contribution in [2.75, 3.05) is 6.61 Å². The van der Waals surface area contributed by atoms with Gasteiger partial charge in [0, 0.05) is 5.56 Å². The van der Waals surface area contributed by atoms with Crippen molar-refractivity contribution in [3.05, 3.63) is 144 Å². The number of rotatable bonds is 8. The van der Waals surface area contributed by atoms with Gasteiger partial charge in [-0.15, -0.1) is 0 Å². The van der Waals surface area contributed by atoms with Crippen LogP contribution in [0.2, 0.25) is 0 Å². The van der Waals surface area contributed by atoms with Crippen molar-refractivity contribution < 1.29 is 23.7 Å². The van der Waals surface area contributed by atoms with Gasteiger partial charge in [-0.2, -0.15) is 0 Å². The van der Waals surface area contributed by atoms with E-state index in [9.17, 15) is 0 Å². The Labute approximate surface area is 223 Å². The van der Waals surface area contributed by atoms with Crippen molar-refractivity contribution in [1.29, 1.82) is 0 Å². The van der Waals surface area contributed by atoms with Gasteiger partial charge in [0.1, 0.15) is 30.5 Å². The molecule has 2 heterocycles. The minimum absolute atomic E-state index is 0.294. The molecule has 0 saturated carbocycles. The highest BCUT2D eigenvalue weighted by Gasteiger charge is 2.51. The summed E-state index contributed by atoms with van der Waals surface area (Å²) >= 11 is 0. The number of hydrogen-bond donors (Lipinski definition) is 0. The molecule has 2 aliphatic heterocycles. The van der Waals surface area contributed by atoms with Crippen LogP contribution in [0.25, 0.3) is 0 Å². The van der Waals surface area contributed by atoms with Crippen LogP contribution in [0.3, 0.4) is 0 Å². The van der Waals surface area contributed by atoms with Crippen LogP contribution in [0.1, 0.15) is 34.6 Å². The summed E-state index contributed by atoms with van der Waals surface area (Å²) in [6, 6.07) is 40.6. The maximum absolute atomic E-state index is 6.69. The Morgan fingerprint density at radius 2 is 1.05 bits per heavy atom. The van der Waals surface area contributed by atoms with Crippen molar-refractivity contribution in [1.82, 2.24) is 0 Å². The molecule has 6 rings (SSSR count). The lowest BCUT2D eigenvalue weighted by Gasteiger charge is -2.49. The van der Waals surface area contributed by atoms with Crippen molar-refractivity contribution in [2.24, 2.45) is 0 Å². The number of ether oxygens (including phenoxy) is 5. The summed E-state index contributed by atoms with van der Waals surface area (Å²) in [7, 11) is 0. The first kappa shape index (κ1) is 25.0. The van der Waals surface area contributed by atoms with Crippen molar-refractivity contribution in [2.45, 2.75) is 50.0 Å². The smallest absolute Gasteiger partial charge is 0.184 e. The van der Waals surface area contributed by atoms with E-state index >= 15 is 0 Å². The van der Waals surface area contributed by atoms with Crippen LogP contribution < -0.4 is 0 Å². The quantitative estimate of drug-likeness (QED) is 0.275. The molecule has 0 aliphatic carbocycles. The third-order valence-corrected chi connectivity index (χ3v) is 7.10. The van der Waals surface area contributed by atoms with E-state index in [1.54, 1.807) is 0 Å². The molecule has 0 aromatic heterocycles. The average molecular weight is 509 g/mol. The second-order valence-electron chi connectivity index (χ2n) is 9.70. The Morgan fingerprint density at radius 1 is 0.553 bits per heavy atom. The van der Waals surface area contributed by atoms with Gasteiger partial charge in [-0.25, -0.2) is 0 Å². The van der Waals surface area contributed by atoms with E-state index in [1.165, 1.54) is 0 Å². The van der Waals surface area contributed by atoms with Gasteiger partial charge in [0.05, 0.1) is 19.8 Å². The van der Waals surface area contributed by atoms with Gasteiger partial charge in [-0.05, 0) is 16.7 Å². The van der Waals surface area contributed by atoms with E-state index in [2.05, 4.69) is 36.4 Å². The van der Waals surface area contributed by atoms with Crippen molar-refractivity contribution in [3.63, 3.8) is 0 Å². The summed E-state index contributed by atoms with van der Waals surface area (Å²) in [5.41, 5.74) is 4.21. The van der Waals surface area contributed by atoms with Crippen LogP contribution in [0.5, 0.6) is 0 Å². The molecule has 0 unspecified atom stereocenters. The molecular formula is C33H32O5. The van der Waals surface area contributed by atoms with Crippen molar-refractivity contribution >= 4 is 0 Å². The standard InChI is InChI=1S/C33H32O5/c1-5-13-24(14-6-1)21-34-31-29(26-17-9-3-10-18-26)37-28-23-36-33(27-19-11-4-12-20-27)38-30(28)32(31)35-22-25-15-7-2-8-16-25/h1-20,28-33H,21-23H2/t28-,29+,30-,31+,32+,33-/m1/s1. The second-order valence-corrected chi connectivity index (χ2v) is 9.70. The lowest BCUT2D eigenvalue weighted by molar-refractivity contribution is -0.341. The number of hydrogen-bond acceptors (Lipinski definition) is 5. The van der Waals surface area contributed by atoms with Crippen LogP contribution in [-0.4, -0.2) is 31.0 Å². The van der Waals surface area contributed by atoms with Crippen LogP contribution in [0.15, 0.2) is 121 Å². The molecule has 0 amide bonds. The zero-order valence-electron chi connectivity index (χ0n) is 21.2. The molecule has 6 atom stereocenters. The predicted molar refractivity (Wildman–Crippen MR) is 144 cm³/mol. The molecule has 194 valence electrons. The molecule has 0 bridgehead atoms. The molecule has 5 heteroatoms. The molecule has 4 aromatic rings. The van der Waals surface area contributed by atoms with E-state index in [1.807, 2.05) is 84.9 Å². The molecule has 2 saturated heterocycles. The Balaban J connectivity index is 1.32. The van der Waals surface area contributed by atoms with Gasteiger partial charge < -0.3 is 23.7 Å². The van der Waals surface area contributed by atoms with E-state index in [-0.39, 0.29) is 24.4 Å². The highest BCUT2D eigenvalue weighted by Crippen LogP contribution is 2.42. The van der Waals surface area contributed by atoms with Gasteiger partial charge in [-0.3, -0.25) is 0 Å². The Morgan fingerprint density at radius 3 is 1.63 bits per heavy atom. The summed E-state index contributed by atoms with van der Waals surface area (Å²) in [4.78, 5) is 0. The van der Waals surface area contributed by atoms with E-state index in [4.69, 9.17) is 23.7 Å². The molecule has 0 spiro atoms. The summed E-state index contributed by atoms with van der Waals surface area (Å²) in [5, 5.41) is 0. The molecule has 2 fully saturated rings. The third kappa shape index (κ3) is 5.73. The minimum Gasteiger partial charge on any atom is -0.368 e. The van der Waals surface area contributed by atoms with E-state index in [0.717, 1.165) is 22.3 Å². The highest BCUT2D eigenvalue weighted by molar-refractivity contribution is 5.22. The average Bonchev–Trinajstić information content (AvgIpc) is 3.00. The number of fused-ring (bicyclic) bond motifs is 1. The van der Waals surface area contributed by atoms with Crippen LogP contribution in [0.4, 0.5) is 0 Å². The van der Waals surface area contributed by atoms with E-state index in [0.29, 0.717) is 19.8 Å². The lowest BCUT2D eigenvalue weighted by atomic mass is 9.90. The SMILES string of the molecule is c1ccc(CO[C@@H]2[C@@H](OCc3ccccc3)[C@H](c3ccccc3)O[C@@H]3CO[C@@H](c4ccccc4)O[C@@H]23)cc1. The minimum atomic E-state index is -0.494. The maximum Gasteiger partial charge on any atom is 0.184 e. The molecule has 38 heavy (non-hydrogen) atoms. The first-order valence-corrected chi connectivity index (χ1v) is 13.2. The fourth-order valence-electron chi connectivity index (χ4n) is 5.18. The summed E-state index contributed by atoms with van der Waals surface area (Å²) < 4.78 is 32.8. The third-order valence-electron chi connectivity index (χ3n) is 7.10. The topological polar surface area (TPSA) is 46.2 Å². The fourth-order valence-corrected chi connectivity index (χ4v) is 5.18. The molecule has 0 N–H and O–H groups in total. The largest absolute Gasteiger partial charge is 0.368 e.